The minimum absolute atomic E-state index is 0.233. The van der Waals surface area contributed by atoms with Gasteiger partial charge in [-0.15, -0.1) is 0 Å². The Morgan fingerprint density at radius 2 is 1.40 bits per heavy atom. The van der Waals surface area contributed by atoms with Crippen molar-refractivity contribution in [1.82, 2.24) is 0 Å². The molecule has 120 valence electrons. The predicted octanol–water partition coefficient (Wildman–Crippen LogP) is 5.57. The Balaban J connectivity index is 3.49. The first-order valence-corrected chi connectivity index (χ1v) is 8.40. The summed E-state index contributed by atoms with van der Waals surface area (Å²) in [6.45, 7) is 8.29. The van der Waals surface area contributed by atoms with Crippen molar-refractivity contribution in [3.05, 3.63) is 0 Å². The van der Waals surface area contributed by atoms with E-state index in [1.807, 2.05) is 13.8 Å². The molecule has 0 atom stereocenters. The molecule has 0 bridgehead atoms. The zero-order valence-corrected chi connectivity index (χ0v) is 14.0. The van der Waals surface area contributed by atoms with E-state index in [1.165, 1.54) is 32.1 Å². The van der Waals surface area contributed by atoms with Gasteiger partial charge in [-0.25, -0.2) is 4.79 Å². The molecule has 0 amide bonds. The van der Waals surface area contributed by atoms with E-state index in [1.54, 1.807) is 0 Å². The first-order valence-electron chi connectivity index (χ1n) is 8.40. The van der Waals surface area contributed by atoms with Gasteiger partial charge in [-0.1, -0.05) is 65.2 Å². The summed E-state index contributed by atoms with van der Waals surface area (Å²) in [5.74, 6) is -0.233. The van der Waals surface area contributed by atoms with Gasteiger partial charge in [0.15, 0.2) is 0 Å². The zero-order valence-electron chi connectivity index (χ0n) is 14.0. The van der Waals surface area contributed by atoms with Crippen molar-refractivity contribution >= 4 is 5.97 Å². The van der Waals surface area contributed by atoms with Gasteiger partial charge in [0, 0.05) is 6.42 Å². The summed E-state index contributed by atoms with van der Waals surface area (Å²) in [5.41, 5.74) is -0.369. The molecule has 0 aromatic carbocycles. The molecular formula is C17H34O3. The van der Waals surface area contributed by atoms with Crippen LogP contribution in [0.1, 0.15) is 98.3 Å². The molecule has 0 unspecified atom stereocenters. The van der Waals surface area contributed by atoms with E-state index < -0.39 is 0 Å². The van der Waals surface area contributed by atoms with Crippen LogP contribution in [0.2, 0.25) is 0 Å². The summed E-state index contributed by atoms with van der Waals surface area (Å²) in [5, 5.41) is 0. The molecule has 0 rings (SSSR count). The smallest absolute Gasteiger partial charge is 0.298 e. The SMILES string of the molecule is CCCCCCCCCC(=O)OOC(C)(C)CCCC. The normalized spacial score (nSPS) is 11.6. The summed E-state index contributed by atoms with van der Waals surface area (Å²) in [7, 11) is 0. The van der Waals surface area contributed by atoms with Crippen LogP contribution in [0.15, 0.2) is 0 Å². The third-order valence-corrected chi connectivity index (χ3v) is 3.48. The number of carbonyl (C=O) groups excluding carboxylic acids is 1. The van der Waals surface area contributed by atoms with E-state index in [2.05, 4.69) is 13.8 Å². The Hall–Kier alpha value is -0.570. The van der Waals surface area contributed by atoms with Gasteiger partial charge >= 0.3 is 5.97 Å². The van der Waals surface area contributed by atoms with Gasteiger partial charge in [0.05, 0.1) is 0 Å². The largest absolute Gasteiger partial charge is 0.342 e. The van der Waals surface area contributed by atoms with Gasteiger partial charge in [-0.05, 0) is 26.7 Å². The van der Waals surface area contributed by atoms with Crippen LogP contribution in [0.4, 0.5) is 0 Å². The molecule has 0 fully saturated rings. The van der Waals surface area contributed by atoms with Crippen LogP contribution >= 0.6 is 0 Å². The third-order valence-electron chi connectivity index (χ3n) is 3.48. The van der Waals surface area contributed by atoms with E-state index in [0.29, 0.717) is 6.42 Å². The highest BCUT2D eigenvalue weighted by Crippen LogP contribution is 2.18. The molecule has 0 aliphatic heterocycles. The fourth-order valence-corrected chi connectivity index (χ4v) is 2.07. The Bertz CT molecular complexity index is 236. The van der Waals surface area contributed by atoms with Crippen molar-refractivity contribution in [3.8, 4) is 0 Å². The summed E-state index contributed by atoms with van der Waals surface area (Å²) in [4.78, 5) is 21.7. The molecule has 0 saturated carbocycles. The number of hydrogen-bond acceptors (Lipinski definition) is 3. The maximum absolute atomic E-state index is 11.6. The van der Waals surface area contributed by atoms with Crippen LogP contribution in [-0.2, 0) is 14.6 Å². The quantitative estimate of drug-likeness (QED) is 0.252. The molecule has 0 aliphatic carbocycles. The molecule has 20 heavy (non-hydrogen) atoms. The molecule has 0 heterocycles. The number of hydrogen-bond donors (Lipinski definition) is 0. The monoisotopic (exact) mass is 286 g/mol. The van der Waals surface area contributed by atoms with Crippen molar-refractivity contribution in [2.45, 2.75) is 104 Å². The summed E-state index contributed by atoms with van der Waals surface area (Å²) >= 11 is 0. The van der Waals surface area contributed by atoms with E-state index in [-0.39, 0.29) is 11.6 Å². The lowest BCUT2D eigenvalue weighted by Gasteiger charge is -2.22. The van der Waals surface area contributed by atoms with Crippen LogP contribution in [0.5, 0.6) is 0 Å². The van der Waals surface area contributed by atoms with Crippen LogP contribution in [0.3, 0.4) is 0 Å². The van der Waals surface area contributed by atoms with Gasteiger partial charge in [0.2, 0.25) is 0 Å². The molecule has 0 spiro atoms. The Kier molecular flexibility index (Phi) is 11.8. The van der Waals surface area contributed by atoms with Crippen molar-refractivity contribution in [2.75, 3.05) is 0 Å². The minimum atomic E-state index is -0.369. The number of carbonyl (C=O) groups is 1. The van der Waals surface area contributed by atoms with Crippen LogP contribution < -0.4 is 0 Å². The van der Waals surface area contributed by atoms with Crippen LogP contribution in [0.25, 0.3) is 0 Å². The Morgan fingerprint density at radius 3 is 2.00 bits per heavy atom. The van der Waals surface area contributed by atoms with Crippen molar-refractivity contribution < 1.29 is 14.6 Å². The summed E-state index contributed by atoms with van der Waals surface area (Å²) in [6, 6.07) is 0. The number of rotatable bonds is 13. The molecule has 0 radical (unpaired) electrons. The molecule has 0 aromatic rings. The predicted molar refractivity (Wildman–Crippen MR) is 83.4 cm³/mol. The second kappa shape index (κ2) is 12.2. The van der Waals surface area contributed by atoms with E-state index in [0.717, 1.165) is 32.1 Å². The molecule has 0 saturated heterocycles. The molecule has 3 heteroatoms. The zero-order chi connectivity index (χ0) is 15.3. The molecule has 3 nitrogen and oxygen atoms in total. The summed E-state index contributed by atoms with van der Waals surface area (Å²) < 4.78 is 0. The highest BCUT2D eigenvalue weighted by molar-refractivity contribution is 5.68. The molecule has 0 aromatic heterocycles. The van der Waals surface area contributed by atoms with Crippen molar-refractivity contribution in [3.63, 3.8) is 0 Å². The van der Waals surface area contributed by atoms with Crippen LogP contribution in [0, 0.1) is 0 Å². The maximum Gasteiger partial charge on any atom is 0.342 e. The first-order chi connectivity index (χ1) is 9.52. The van der Waals surface area contributed by atoms with E-state index in [4.69, 9.17) is 9.78 Å². The average Bonchev–Trinajstić information content (AvgIpc) is 2.42. The third kappa shape index (κ3) is 12.5. The number of unbranched alkanes of at least 4 members (excludes halogenated alkanes) is 7. The lowest BCUT2D eigenvalue weighted by atomic mass is 10.0. The maximum atomic E-state index is 11.6. The highest BCUT2D eigenvalue weighted by atomic mass is 17.2. The van der Waals surface area contributed by atoms with E-state index >= 15 is 0 Å². The highest BCUT2D eigenvalue weighted by Gasteiger charge is 2.21. The van der Waals surface area contributed by atoms with Crippen molar-refractivity contribution in [2.24, 2.45) is 0 Å². The fourth-order valence-electron chi connectivity index (χ4n) is 2.07. The van der Waals surface area contributed by atoms with Gasteiger partial charge in [0.1, 0.15) is 5.60 Å². The second-order valence-electron chi connectivity index (χ2n) is 6.27. The Labute approximate surface area is 125 Å². The summed E-state index contributed by atoms with van der Waals surface area (Å²) in [6.07, 6.45) is 12.0. The molecular weight excluding hydrogens is 252 g/mol. The average molecular weight is 286 g/mol. The first kappa shape index (κ1) is 19.4. The van der Waals surface area contributed by atoms with Gasteiger partial charge in [-0.2, -0.15) is 4.89 Å². The minimum Gasteiger partial charge on any atom is -0.298 e. The molecule has 0 aliphatic rings. The van der Waals surface area contributed by atoms with Gasteiger partial charge < -0.3 is 0 Å². The van der Waals surface area contributed by atoms with Crippen LogP contribution in [-0.4, -0.2) is 11.6 Å². The lowest BCUT2D eigenvalue weighted by Crippen LogP contribution is -2.26. The lowest BCUT2D eigenvalue weighted by molar-refractivity contribution is -0.326. The van der Waals surface area contributed by atoms with Crippen molar-refractivity contribution in [1.29, 1.82) is 0 Å². The standard InChI is InChI=1S/C17H34O3/c1-5-7-9-10-11-12-13-14-16(18)19-20-17(3,4)15-8-6-2/h5-15H2,1-4H3. The second-order valence-corrected chi connectivity index (χ2v) is 6.27. The Morgan fingerprint density at radius 1 is 0.850 bits per heavy atom. The van der Waals surface area contributed by atoms with Gasteiger partial charge in [-0.3, -0.25) is 4.89 Å². The fraction of sp³-hybridized carbons (Fsp3) is 0.941. The van der Waals surface area contributed by atoms with Gasteiger partial charge in [0.25, 0.3) is 0 Å². The topological polar surface area (TPSA) is 35.5 Å². The molecule has 0 N–H and O–H groups in total. The van der Waals surface area contributed by atoms with E-state index in [9.17, 15) is 4.79 Å².